The molecule has 106 valence electrons. The maximum Gasteiger partial charge on any atom is 0.252 e. The maximum atomic E-state index is 13.1. The van der Waals surface area contributed by atoms with E-state index >= 15 is 0 Å². The van der Waals surface area contributed by atoms with Crippen LogP contribution in [0.5, 0.6) is 0 Å². The van der Waals surface area contributed by atoms with Gasteiger partial charge in [0, 0.05) is 16.5 Å². The van der Waals surface area contributed by atoms with Gasteiger partial charge >= 0.3 is 0 Å². The number of amides is 1. The third-order valence-corrected chi connectivity index (χ3v) is 3.88. The van der Waals surface area contributed by atoms with Gasteiger partial charge in [-0.2, -0.15) is 0 Å². The predicted molar refractivity (Wildman–Crippen MR) is 75.7 cm³/mol. The zero-order valence-electron chi connectivity index (χ0n) is 11.2. The van der Waals surface area contributed by atoms with Gasteiger partial charge in [-0.15, -0.1) is 11.3 Å². The third kappa shape index (κ3) is 3.42. The Morgan fingerprint density at radius 2 is 1.85 bits per heavy atom. The van der Waals surface area contributed by atoms with Crippen molar-refractivity contribution in [3.05, 3.63) is 57.8 Å². The molecule has 2 aromatic rings. The van der Waals surface area contributed by atoms with Gasteiger partial charge in [-0.3, -0.25) is 4.79 Å². The number of halogens is 2. The Bertz CT molecular complexity index is 576. The molecule has 1 heterocycles. The van der Waals surface area contributed by atoms with Crippen molar-refractivity contribution in [2.24, 2.45) is 5.92 Å². The van der Waals surface area contributed by atoms with Crippen LogP contribution in [0.3, 0.4) is 0 Å². The summed E-state index contributed by atoms with van der Waals surface area (Å²) in [5.74, 6) is -1.81. The number of rotatable bonds is 4. The first-order valence-corrected chi connectivity index (χ1v) is 7.15. The summed E-state index contributed by atoms with van der Waals surface area (Å²) in [6, 6.07) is 6.48. The molecule has 0 unspecified atom stereocenters. The van der Waals surface area contributed by atoms with Crippen LogP contribution >= 0.6 is 11.3 Å². The van der Waals surface area contributed by atoms with Gasteiger partial charge in [0.05, 0.1) is 6.04 Å². The predicted octanol–water partition coefficient (Wildman–Crippen LogP) is 4.15. The molecule has 1 N–H and O–H groups in total. The standard InChI is InChI=1S/C15H15F2NOS/c1-9(2)14(13-4-3-5-20-13)18-15(19)10-6-11(16)8-12(17)7-10/h3-9,14H,1-2H3,(H,18,19)/t14-/m1/s1. The topological polar surface area (TPSA) is 29.1 Å². The zero-order chi connectivity index (χ0) is 14.7. The lowest BCUT2D eigenvalue weighted by molar-refractivity contribution is 0.0925. The first-order chi connectivity index (χ1) is 9.47. The Kier molecular flexibility index (Phi) is 4.49. The molecule has 20 heavy (non-hydrogen) atoms. The van der Waals surface area contributed by atoms with E-state index < -0.39 is 17.5 Å². The number of carbonyl (C=O) groups is 1. The smallest absolute Gasteiger partial charge is 0.252 e. The van der Waals surface area contributed by atoms with Gasteiger partial charge in [0.1, 0.15) is 11.6 Å². The molecule has 0 radical (unpaired) electrons. The van der Waals surface area contributed by atoms with Crippen molar-refractivity contribution in [1.82, 2.24) is 5.32 Å². The van der Waals surface area contributed by atoms with Crippen LogP contribution in [0.15, 0.2) is 35.7 Å². The lowest BCUT2D eigenvalue weighted by Gasteiger charge is -2.21. The molecule has 0 fully saturated rings. The van der Waals surface area contributed by atoms with Gasteiger partial charge in [-0.25, -0.2) is 8.78 Å². The van der Waals surface area contributed by atoms with E-state index in [-0.39, 0.29) is 17.5 Å². The number of carbonyl (C=O) groups excluding carboxylic acids is 1. The average Bonchev–Trinajstić information content (AvgIpc) is 2.87. The molecule has 1 aromatic heterocycles. The molecule has 0 aliphatic rings. The van der Waals surface area contributed by atoms with Crippen LogP contribution in [0.4, 0.5) is 8.78 Å². The van der Waals surface area contributed by atoms with E-state index in [2.05, 4.69) is 5.32 Å². The first-order valence-electron chi connectivity index (χ1n) is 6.27. The fraction of sp³-hybridized carbons (Fsp3) is 0.267. The van der Waals surface area contributed by atoms with Crippen LogP contribution in [-0.4, -0.2) is 5.91 Å². The van der Waals surface area contributed by atoms with Crippen molar-refractivity contribution in [2.45, 2.75) is 19.9 Å². The molecule has 0 spiro atoms. The van der Waals surface area contributed by atoms with E-state index in [0.717, 1.165) is 23.1 Å². The fourth-order valence-corrected chi connectivity index (χ4v) is 2.89. The average molecular weight is 295 g/mol. The van der Waals surface area contributed by atoms with Crippen molar-refractivity contribution in [1.29, 1.82) is 0 Å². The summed E-state index contributed by atoms with van der Waals surface area (Å²) in [5.41, 5.74) is -0.00953. The zero-order valence-corrected chi connectivity index (χ0v) is 12.0. The van der Waals surface area contributed by atoms with Gasteiger partial charge in [-0.1, -0.05) is 19.9 Å². The van der Waals surface area contributed by atoms with E-state index in [9.17, 15) is 13.6 Å². The van der Waals surface area contributed by atoms with E-state index in [0.29, 0.717) is 0 Å². The van der Waals surface area contributed by atoms with E-state index in [4.69, 9.17) is 0 Å². The summed E-state index contributed by atoms with van der Waals surface area (Å²) in [4.78, 5) is 13.1. The highest BCUT2D eigenvalue weighted by atomic mass is 32.1. The van der Waals surface area contributed by atoms with E-state index in [1.54, 1.807) is 0 Å². The Balaban J connectivity index is 2.20. The SMILES string of the molecule is CC(C)[C@@H](NC(=O)c1cc(F)cc(F)c1)c1cccs1. The molecule has 1 amide bonds. The summed E-state index contributed by atoms with van der Waals surface area (Å²) in [6.45, 7) is 3.97. The van der Waals surface area contributed by atoms with Crippen LogP contribution in [0.1, 0.15) is 35.1 Å². The quantitative estimate of drug-likeness (QED) is 0.902. The minimum absolute atomic E-state index is 0.00953. The molecular weight excluding hydrogens is 280 g/mol. The van der Waals surface area contributed by atoms with E-state index in [1.807, 2.05) is 31.4 Å². The van der Waals surface area contributed by atoms with Crippen LogP contribution in [-0.2, 0) is 0 Å². The molecule has 5 heteroatoms. The normalized spacial score (nSPS) is 12.4. The van der Waals surface area contributed by atoms with Crippen molar-refractivity contribution in [3.63, 3.8) is 0 Å². The van der Waals surface area contributed by atoms with Crippen LogP contribution in [0, 0.1) is 17.6 Å². The highest BCUT2D eigenvalue weighted by Gasteiger charge is 2.20. The van der Waals surface area contributed by atoms with Crippen LogP contribution in [0.25, 0.3) is 0 Å². The highest BCUT2D eigenvalue weighted by Crippen LogP contribution is 2.26. The van der Waals surface area contributed by atoms with Crippen molar-refractivity contribution in [2.75, 3.05) is 0 Å². The lowest BCUT2D eigenvalue weighted by Crippen LogP contribution is -2.31. The Morgan fingerprint density at radius 1 is 1.20 bits per heavy atom. The summed E-state index contributed by atoms with van der Waals surface area (Å²) in [6.07, 6.45) is 0. The Morgan fingerprint density at radius 3 is 2.35 bits per heavy atom. The first kappa shape index (κ1) is 14.7. The molecule has 0 saturated carbocycles. The number of thiophene rings is 1. The monoisotopic (exact) mass is 295 g/mol. The van der Waals surface area contributed by atoms with Gasteiger partial charge in [0.25, 0.3) is 5.91 Å². The second kappa shape index (κ2) is 6.13. The van der Waals surface area contributed by atoms with Crippen molar-refractivity contribution < 1.29 is 13.6 Å². The molecular formula is C15H15F2NOS. The van der Waals surface area contributed by atoms with Gasteiger partial charge in [0.2, 0.25) is 0 Å². The second-order valence-corrected chi connectivity index (χ2v) is 5.85. The molecule has 1 aromatic carbocycles. The van der Waals surface area contributed by atoms with Crippen LogP contribution in [0.2, 0.25) is 0 Å². The molecule has 0 bridgehead atoms. The molecule has 0 aliphatic heterocycles. The summed E-state index contributed by atoms with van der Waals surface area (Å²) in [7, 11) is 0. The number of nitrogens with one attached hydrogen (secondary N) is 1. The highest BCUT2D eigenvalue weighted by molar-refractivity contribution is 7.10. The van der Waals surface area contributed by atoms with Crippen molar-refractivity contribution in [3.8, 4) is 0 Å². The number of hydrogen-bond acceptors (Lipinski definition) is 2. The maximum absolute atomic E-state index is 13.1. The van der Waals surface area contributed by atoms with Gasteiger partial charge in [0.15, 0.2) is 0 Å². The summed E-state index contributed by atoms with van der Waals surface area (Å²) < 4.78 is 26.3. The largest absolute Gasteiger partial charge is 0.344 e. The van der Waals surface area contributed by atoms with Gasteiger partial charge < -0.3 is 5.32 Å². The molecule has 0 saturated heterocycles. The van der Waals surface area contributed by atoms with Crippen molar-refractivity contribution >= 4 is 17.2 Å². The lowest BCUT2D eigenvalue weighted by atomic mass is 10.0. The number of benzene rings is 1. The Labute approximate surface area is 120 Å². The molecule has 0 aliphatic carbocycles. The molecule has 2 rings (SSSR count). The second-order valence-electron chi connectivity index (χ2n) is 4.87. The summed E-state index contributed by atoms with van der Waals surface area (Å²) >= 11 is 1.54. The minimum Gasteiger partial charge on any atom is -0.344 e. The molecule has 1 atom stereocenters. The Hall–Kier alpha value is -1.75. The fourth-order valence-electron chi connectivity index (χ4n) is 1.94. The van der Waals surface area contributed by atoms with E-state index in [1.165, 1.54) is 11.3 Å². The summed E-state index contributed by atoms with van der Waals surface area (Å²) in [5, 5.41) is 4.76. The van der Waals surface area contributed by atoms with Gasteiger partial charge in [-0.05, 0) is 29.5 Å². The van der Waals surface area contributed by atoms with Crippen LogP contribution < -0.4 is 5.32 Å². The molecule has 2 nitrogen and oxygen atoms in total. The number of hydrogen-bond donors (Lipinski definition) is 1. The third-order valence-electron chi connectivity index (χ3n) is 2.93. The minimum atomic E-state index is -0.757.